The Hall–Kier alpha value is -3.70. The summed E-state index contributed by atoms with van der Waals surface area (Å²) in [7, 11) is 1.52. The molecule has 7 nitrogen and oxygen atoms in total. The number of primary amides is 1. The lowest BCUT2D eigenvalue weighted by Gasteiger charge is -2.32. The third kappa shape index (κ3) is 3.31. The molecule has 162 valence electrons. The maximum absolute atomic E-state index is 14.1. The number of pyridine rings is 1. The Morgan fingerprint density at radius 1 is 1.41 bits per heavy atom. The van der Waals surface area contributed by atoms with Crippen LogP contribution in [0.15, 0.2) is 36.5 Å². The SMILES string of the molecule is COc1ccc(F)cc1-c1c(C#N)cnc2[nH]c(C3=CC4CCC(C3)N4CC(N)=O)cc12. The third-order valence-electron chi connectivity index (χ3n) is 6.43. The highest BCUT2D eigenvalue weighted by molar-refractivity contribution is 5.99. The van der Waals surface area contributed by atoms with Crippen molar-refractivity contribution >= 4 is 22.5 Å². The molecule has 2 aliphatic rings. The molecule has 3 aromatic rings. The fraction of sp³-hybridized carbons (Fsp3) is 0.292. The van der Waals surface area contributed by atoms with Crippen LogP contribution in [0.25, 0.3) is 27.7 Å². The highest BCUT2D eigenvalue weighted by Crippen LogP contribution is 2.41. The molecule has 0 radical (unpaired) electrons. The maximum Gasteiger partial charge on any atom is 0.231 e. The number of carbonyl (C=O) groups excluding carboxylic acids is 1. The average Bonchev–Trinajstić information content (AvgIpc) is 3.29. The van der Waals surface area contributed by atoms with E-state index in [1.807, 2.05) is 6.07 Å². The van der Waals surface area contributed by atoms with Crippen molar-refractivity contribution in [2.45, 2.75) is 31.3 Å². The number of nitrogens with one attached hydrogen (secondary N) is 1. The van der Waals surface area contributed by atoms with E-state index < -0.39 is 5.82 Å². The molecule has 2 aliphatic heterocycles. The van der Waals surface area contributed by atoms with E-state index in [0.717, 1.165) is 35.9 Å². The zero-order valence-corrected chi connectivity index (χ0v) is 17.6. The van der Waals surface area contributed by atoms with Crippen molar-refractivity contribution in [2.24, 2.45) is 5.73 Å². The van der Waals surface area contributed by atoms with Crippen LogP contribution in [-0.2, 0) is 4.79 Å². The number of benzene rings is 1. The molecule has 2 atom stereocenters. The van der Waals surface area contributed by atoms with Crippen LogP contribution in [-0.4, -0.2) is 46.5 Å². The van der Waals surface area contributed by atoms with E-state index in [-0.39, 0.29) is 24.5 Å². The van der Waals surface area contributed by atoms with Crippen molar-refractivity contribution in [3.05, 3.63) is 53.6 Å². The number of nitriles is 1. The Balaban J connectivity index is 1.62. The summed E-state index contributed by atoms with van der Waals surface area (Å²) >= 11 is 0. The van der Waals surface area contributed by atoms with Gasteiger partial charge >= 0.3 is 0 Å². The second-order valence-electron chi connectivity index (χ2n) is 8.28. The molecule has 2 unspecified atom stereocenters. The molecule has 1 saturated heterocycles. The highest BCUT2D eigenvalue weighted by atomic mass is 19.1. The third-order valence-corrected chi connectivity index (χ3v) is 6.43. The lowest BCUT2D eigenvalue weighted by Crippen LogP contribution is -2.43. The van der Waals surface area contributed by atoms with Gasteiger partial charge in [-0.25, -0.2) is 9.37 Å². The minimum atomic E-state index is -0.411. The molecule has 2 bridgehead atoms. The normalized spacial score (nSPS) is 20.2. The van der Waals surface area contributed by atoms with E-state index in [4.69, 9.17) is 10.5 Å². The standard InChI is InChI=1S/C24H22FN5O2/c1-32-21-5-2-15(25)8-18(21)23-14(10-26)11-28-24-19(23)9-20(29-24)13-6-16-3-4-17(7-13)30(16)12-22(27)31/h2,5-6,8-9,11,16-17H,3-4,7,12H2,1H3,(H2,27,31)(H,28,29). The largest absolute Gasteiger partial charge is 0.496 e. The molecule has 8 heteroatoms. The molecule has 1 amide bonds. The number of amides is 1. The number of ether oxygens (including phenoxy) is 1. The molecule has 0 aliphatic carbocycles. The zero-order chi connectivity index (χ0) is 22.4. The molecule has 0 spiro atoms. The number of aromatic nitrogens is 2. The smallest absolute Gasteiger partial charge is 0.231 e. The van der Waals surface area contributed by atoms with Gasteiger partial charge in [-0.1, -0.05) is 6.08 Å². The van der Waals surface area contributed by atoms with Crippen LogP contribution in [0.1, 0.15) is 30.5 Å². The van der Waals surface area contributed by atoms with E-state index in [1.165, 1.54) is 25.4 Å². The number of rotatable bonds is 5. The molecule has 0 saturated carbocycles. The first-order valence-corrected chi connectivity index (χ1v) is 10.5. The predicted molar refractivity (Wildman–Crippen MR) is 118 cm³/mol. The van der Waals surface area contributed by atoms with Gasteiger partial charge in [0.1, 0.15) is 23.3 Å². The van der Waals surface area contributed by atoms with Crippen LogP contribution in [0.3, 0.4) is 0 Å². The Morgan fingerprint density at radius 2 is 2.25 bits per heavy atom. The minimum absolute atomic E-state index is 0.174. The second-order valence-corrected chi connectivity index (χ2v) is 8.28. The van der Waals surface area contributed by atoms with Gasteiger partial charge in [0, 0.05) is 40.5 Å². The Bertz CT molecular complexity index is 1310. The molecule has 2 aromatic heterocycles. The van der Waals surface area contributed by atoms with Gasteiger partial charge in [0.15, 0.2) is 0 Å². The van der Waals surface area contributed by atoms with Crippen molar-refractivity contribution in [1.82, 2.24) is 14.9 Å². The van der Waals surface area contributed by atoms with Gasteiger partial charge in [0.25, 0.3) is 0 Å². The Kier molecular flexibility index (Phi) is 4.91. The number of hydrogen-bond acceptors (Lipinski definition) is 5. The van der Waals surface area contributed by atoms with Crippen LogP contribution in [0.4, 0.5) is 4.39 Å². The van der Waals surface area contributed by atoms with E-state index in [0.29, 0.717) is 28.1 Å². The number of nitrogens with zero attached hydrogens (tertiary/aromatic N) is 3. The zero-order valence-electron chi connectivity index (χ0n) is 17.6. The number of hydrogen-bond donors (Lipinski definition) is 2. The summed E-state index contributed by atoms with van der Waals surface area (Å²) < 4.78 is 19.6. The van der Waals surface area contributed by atoms with Gasteiger partial charge < -0.3 is 15.5 Å². The van der Waals surface area contributed by atoms with Gasteiger partial charge in [0.05, 0.1) is 19.2 Å². The molecule has 32 heavy (non-hydrogen) atoms. The predicted octanol–water partition coefficient (Wildman–Crippen LogP) is 3.35. The Labute approximate surface area is 184 Å². The van der Waals surface area contributed by atoms with Crippen molar-refractivity contribution < 1.29 is 13.9 Å². The van der Waals surface area contributed by atoms with Crippen molar-refractivity contribution in [2.75, 3.05) is 13.7 Å². The lowest BCUT2D eigenvalue weighted by atomic mass is 9.96. The lowest BCUT2D eigenvalue weighted by molar-refractivity contribution is -0.119. The topological polar surface area (TPSA) is 108 Å². The molecule has 5 rings (SSSR count). The summed E-state index contributed by atoms with van der Waals surface area (Å²) in [6.07, 6.45) is 6.48. The van der Waals surface area contributed by atoms with Gasteiger partial charge in [0.2, 0.25) is 5.91 Å². The van der Waals surface area contributed by atoms with Crippen LogP contribution in [0.2, 0.25) is 0 Å². The summed E-state index contributed by atoms with van der Waals surface area (Å²) in [5, 5.41) is 10.4. The molecule has 1 fully saturated rings. The minimum Gasteiger partial charge on any atom is -0.496 e. The first kappa shape index (κ1) is 20.2. The monoisotopic (exact) mass is 431 g/mol. The van der Waals surface area contributed by atoms with Gasteiger partial charge in [-0.05, 0) is 49.1 Å². The number of halogens is 1. The van der Waals surface area contributed by atoms with Crippen molar-refractivity contribution in [3.63, 3.8) is 0 Å². The molecule has 4 heterocycles. The van der Waals surface area contributed by atoms with E-state index >= 15 is 0 Å². The first-order valence-electron chi connectivity index (χ1n) is 10.5. The number of nitrogens with two attached hydrogens (primary N) is 1. The average molecular weight is 431 g/mol. The number of carbonyl (C=O) groups is 1. The van der Waals surface area contributed by atoms with Crippen molar-refractivity contribution in [1.29, 1.82) is 5.26 Å². The second kappa shape index (κ2) is 7.77. The summed E-state index contributed by atoms with van der Waals surface area (Å²) in [6, 6.07) is 8.85. The fourth-order valence-electron chi connectivity index (χ4n) is 5.04. The summed E-state index contributed by atoms with van der Waals surface area (Å²) in [6.45, 7) is 0.266. The quantitative estimate of drug-likeness (QED) is 0.644. The summed E-state index contributed by atoms with van der Waals surface area (Å²) in [5.74, 6) is -0.243. The summed E-state index contributed by atoms with van der Waals surface area (Å²) in [4.78, 5) is 21.4. The Morgan fingerprint density at radius 3 is 2.97 bits per heavy atom. The maximum atomic E-state index is 14.1. The van der Waals surface area contributed by atoms with Gasteiger partial charge in [-0.15, -0.1) is 0 Å². The molecule has 1 aromatic carbocycles. The molecular weight excluding hydrogens is 409 g/mol. The van der Waals surface area contributed by atoms with E-state index in [2.05, 4.69) is 27.0 Å². The number of methoxy groups -OCH3 is 1. The number of H-pyrrole nitrogens is 1. The molecular formula is C24H22FN5O2. The fourth-order valence-corrected chi connectivity index (χ4v) is 5.04. The summed E-state index contributed by atoms with van der Waals surface area (Å²) in [5.41, 5.74) is 9.54. The van der Waals surface area contributed by atoms with Crippen LogP contribution in [0, 0.1) is 17.1 Å². The van der Waals surface area contributed by atoms with Crippen LogP contribution >= 0.6 is 0 Å². The highest BCUT2D eigenvalue weighted by Gasteiger charge is 2.37. The van der Waals surface area contributed by atoms with E-state index in [9.17, 15) is 14.4 Å². The van der Waals surface area contributed by atoms with Gasteiger partial charge in [-0.3, -0.25) is 9.69 Å². The number of fused-ring (bicyclic) bond motifs is 3. The van der Waals surface area contributed by atoms with Gasteiger partial charge in [-0.2, -0.15) is 5.26 Å². The van der Waals surface area contributed by atoms with E-state index in [1.54, 1.807) is 6.07 Å². The van der Waals surface area contributed by atoms with Crippen LogP contribution in [0.5, 0.6) is 5.75 Å². The number of aromatic amines is 1. The van der Waals surface area contributed by atoms with Crippen LogP contribution < -0.4 is 10.5 Å². The molecule has 3 N–H and O–H groups in total. The first-order chi connectivity index (χ1) is 15.5. The van der Waals surface area contributed by atoms with Crippen molar-refractivity contribution in [3.8, 4) is 22.9 Å².